The van der Waals surface area contributed by atoms with E-state index in [1.54, 1.807) is 12.1 Å². The number of rotatable bonds is 20. The highest BCUT2D eigenvalue weighted by atomic mass is 35.5. The number of sulfone groups is 1. The van der Waals surface area contributed by atoms with Crippen molar-refractivity contribution < 1.29 is 81.4 Å². The van der Waals surface area contributed by atoms with E-state index >= 15 is 0 Å². The fourth-order valence-electron chi connectivity index (χ4n) is 5.63. The molecule has 6 rings (SSSR count). The van der Waals surface area contributed by atoms with E-state index in [2.05, 4.69) is 59.3 Å². The largest absolute Gasteiger partial charge is 0.505 e. The van der Waals surface area contributed by atoms with E-state index in [1.165, 1.54) is 36.4 Å². The fraction of sp³-hybridized carbons (Fsp3) is 0.0882. The molecule has 1 aromatic heterocycles. The third kappa shape index (κ3) is 12.9. The van der Waals surface area contributed by atoms with Gasteiger partial charge in [0.05, 0.1) is 48.8 Å². The molecular weight excluding hydrogens is 1040 g/mol. The number of phenolic OH excluding ortho intramolecular Hbond substituents is 1. The Labute approximate surface area is 390 Å². The molecule has 0 aliphatic heterocycles. The highest BCUT2D eigenvalue weighted by molar-refractivity contribution is 7.94. The summed E-state index contributed by atoms with van der Waals surface area (Å²) >= 11 is 3.92. The molecule has 1 unspecified atom stereocenters. The number of hydrogen-bond acceptors (Lipinski definition) is 24. The number of sulfonamides is 1. The van der Waals surface area contributed by atoms with Crippen LogP contribution in [0.3, 0.4) is 0 Å². The van der Waals surface area contributed by atoms with E-state index in [4.69, 9.17) is 22.1 Å². The Morgan fingerprint density at radius 2 is 1.39 bits per heavy atom. The lowest BCUT2D eigenvalue weighted by atomic mass is 10.1. The van der Waals surface area contributed by atoms with E-state index in [0.717, 1.165) is 35.9 Å². The van der Waals surface area contributed by atoms with Crippen molar-refractivity contribution in [2.45, 2.75) is 31.4 Å². The molecule has 0 amide bonds. The van der Waals surface area contributed by atoms with Crippen molar-refractivity contribution in [3.63, 3.8) is 0 Å². The van der Waals surface area contributed by atoms with Crippen LogP contribution >= 0.6 is 23.6 Å². The summed E-state index contributed by atoms with van der Waals surface area (Å²) in [4.78, 5) is 9.33. The number of fused-ring (bicyclic) bond motifs is 1. The quantitative estimate of drug-likeness (QED) is 0.0139. The topological polar surface area (TPSA) is 391 Å². The number of anilines is 5. The van der Waals surface area contributed by atoms with Crippen LogP contribution in [0.15, 0.2) is 120 Å². The zero-order valence-corrected chi connectivity index (χ0v) is 38.8. The summed E-state index contributed by atoms with van der Waals surface area (Å²) in [6.45, 7) is 1.81. The molecule has 0 aliphatic carbocycles. The van der Waals surface area contributed by atoms with Gasteiger partial charge < -0.3 is 15.7 Å². The summed E-state index contributed by atoms with van der Waals surface area (Å²) in [7, 11) is -18.7. The monoisotopic (exact) mass is 1060 g/mol. The standard InChI is InChI=1S/C34H29ClN8O18S6/c1-18-2-8-22(9-3-18)65(50,51)43-21-6-4-20(5-7-21)36-33-38-32(35)39-34(40-33)37-26-16-24(66(52,53)54)14-19-15-27(62-60-58-45)30(31(44)29(19)26)42-41-25-11-10-23(17-28(25)67(55,56)57)64(48,49)13-12-63(47)61-59-46/h2-11,14-17,43-46H,12-13H2,1H3,(H,52,53,54)(H,55,56,57)(H2,36,37,38,39,40). The highest BCUT2D eigenvalue weighted by Crippen LogP contribution is 2.48. The van der Waals surface area contributed by atoms with Crippen LogP contribution in [0, 0.1) is 6.92 Å². The van der Waals surface area contributed by atoms with E-state index in [1.807, 2.05) is 6.92 Å². The van der Waals surface area contributed by atoms with Gasteiger partial charge in [-0.25, -0.2) is 31.6 Å². The Hall–Kier alpha value is -5.56. The van der Waals surface area contributed by atoms with Gasteiger partial charge in [0.2, 0.25) is 17.2 Å². The predicted octanol–water partition coefficient (Wildman–Crippen LogP) is 6.18. The van der Waals surface area contributed by atoms with Crippen molar-refractivity contribution in [3.05, 3.63) is 95.8 Å². The minimum absolute atomic E-state index is 0.0416. The van der Waals surface area contributed by atoms with Crippen LogP contribution in [0.25, 0.3) is 10.8 Å². The van der Waals surface area contributed by atoms with Crippen molar-refractivity contribution in [3.8, 4) is 5.75 Å². The second-order valence-corrected chi connectivity index (χ2v) is 21.9. The molecule has 0 saturated carbocycles. The van der Waals surface area contributed by atoms with Crippen LogP contribution < -0.4 is 15.4 Å². The first-order valence-electron chi connectivity index (χ1n) is 17.7. The van der Waals surface area contributed by atoms with Crippen molar-refractivity contribution in [1.29, 1.82) is 0 Å². The zero-order chi connectivity index (χ0) is 48.9. The Bertz CT molecular complexity index is 3370. The SMILES string of the molecule is Cc1ccc(S(=O)(=O)Nc2ccc(Nc3nc(Cl)nc(Nc4cc(S(=O)(=O)O)cc5cc(SOOO)c(N=Nc6ccc(S(=O)(=O)CCS(=O)OOO)cc6S(=O)(=O)O)c(O)c45)n3)cc2)cc1. The summed E-state index contributed by atoms with van der Waals surface area (Å²) in [5.74, 6) is -3.16. The third-order valence-electron chi connectivity index (χ3n) is 8.61. The molecule has 0 spiro atoms. The van der Waals surface area contributed by atoms with Gasteiger partial charge in [-0.05, 0) is 96.7 Å². The van der Waals surface area contributed by atoms with Crippen LogP contribution in [0.5, 0.6) is 5.75 Å². The Balaban J connectivity index is 1.37. The second kappa shape index (κ2) is 20.8. The van der Waals surface area contributed by atoms with Gasteiger partial charge in [-0.2, -0.15) is 31.8 Å². The van der Waals surface area contributed by atoms with Crippen molar-refractivity contribution in [2.75, 3.05) is 26.9 Å². The maximum absolute atomic E-state index is 12.9. The van der Waals surface area contributed by atoms with Crippen molar-refractivity contribution in [2.24, 2.45) is 10.2 Å². The van der Waals surface area contributed by atoms with Crippen molar-refractivity contribution in [1.82, 2.24) is 15.0 Å². The summed E-state index contributed by atoms with van der Waals surface area (Å²) < 4.78 is 144. The maximum Gasteiger partial charge on any atom is 0.296 e. The number of azo groups is 1. The fourth-order valence-corrected chi connectivity index (χ4v) is 11.0. The average Bonchev–Trinajstić information content (AvgIpc) is 3.24. The molecule has 67 heavy (non-hydrogen) atoms. The lowest BCUT2D eigenvalue weighted by Crippen LogP contribution is -2.15. The molecule has 0 fully saturated rings. The second-order valence-electron chi connectivity index (χ2n) is 13.1. The molecule has 1 heterocycles. The van der Waals surface area contributed by atoms with Crippen molar-refractivity contribution >= 4 is 126 Å². The molecule has 1 atom stereocenters. The molecule has 356 valence electrons. The van der Waals surface area contributed by atoms with Gasteiger partial charge in [0.15, 0.2) is 26.7 Å². The lowest BCUT2D eigenvalue weighted by molar-refractivity contribution is -0.434. The summed E-state index contributed by atoms with van der Waals surface area (Å²) in [5, 5.41) is 48.0. The minimum atomic E-state index is -5.29. The van der Waals surface area contributed by atoms with E-state index in [-0.39, 0.29) is 49.9 Å². The molecule has 0 saturated heterocycles. The molecule has 0 radical (unpaired) electrons. The van der Waals surface area contributed by atoms with Crippen LogP contribution in [-0.2, 0) is 69.9 Å². The lowest BCUT2D eigenvalue weighted by Gasteiger charge is -2.15. The minimum Gasteiger partial charge on any atom is -0.505 e. The Kier molecular flexibility index (Phi) is 15.7. The molecule has 33 heteroatoms. The number of hydrogen-bond donors (Lipinski definition) is 8. The van der Waals surface area contributed by atoms with E-state index < -0.39 is 106 Å². The van der Waals surface area contributed by atoms with E-state index in [9.17, 15) is 52.1 Å². The summed E-state index contributed by atoms with van der Waals surface area (Å²) in [6.07, 6.45) is 0. The number of halogens is 1. The molecule has 0 aliphatic rings. The van der Waals surface area contributed by atoms with Crippen LogP contribution in [0.1, 0.15) is 5.56 Å². The number of nitrogens with one attached hydrogen (secondary N) is 3. The molecule has 0 bridgehead atoms. The maximum atomic E-state index is 12.9. The number of aromatic nitrogens is 3. The van der Waals surface area contributed by atoms with Gasteiger partial charge >= 0.3 is 0 Å². The van der Waals surface area contributed by atoms with Gasteiger partial charge in [0.1, 0.15) is 16.3 Å². The van der Waals surface area contributed by atoms with Gasteiger partial charge in [-0.1, -0.05) is 27.8 Å². The highest BCUT2D eigenvalue weighted by Gasteiger charge is 2.26. The normalized spacial score (nSPS) is 12.9. The molecule has 5 aromatic carbocycles. The molecule has 8 N–H and O–H groups in total. The average molecular weight is 1070 g/mol. The van der Waals surface area contributed by atoms with Crippen LogP contribution in [-0.4, -0.2) is 89.1 Å². The molecule has 6 aromatic rings. The number of benzene rings is 5. The Morgan fingerprint density at radius 3 is 2.01 bits per heavy atom. The Morgan fingerprint density at radius 1 is 0.746 bits per heavy atom. The van der Waals surface area contributed by atoms with Gasteiger partial charge in [0, 0.05) is 16.8 Å². The van der Waals surface area contributed by atoms with Gasteiger partial charge in [0.25, 0.3) is 30.3 Å². The summed E-state index contributed by atoms with van der Waals surface area (Å²) in [5.41, 5.74) is -0.297. The first kappa shape index (κ1) is 50.8. The molecule has 26 nitrogen and oxygen atoms in total. The number of aromatic hydroxyl groups is 1. The van der Waals surface area contributed by atoms with Gasteiger partial charge in [-0.3, -0.25) is 13.8 Å². The number of nitrogens with zero attached hydrogens (tertiary/aromatic N) is 5. The number of aryl methyl sites for hydroxylation is 1. The predicted molar refractivity (Wildman–Crippen MR) is 236 cm³/mol. The van der Waals surface area contributed by atoms with Gasteiger partial charge in [-0.15, -0.1) is 18.9 Å². The first-order valence-corrected chi connectivity index (χ1v) is 26.1. The zero-order valence-electron chi connectivity index (χ0n) is 33.1. The summed E-state index contributed by atoms with van der Waals surface area (Å²) in [6, 6.07) is 17.0. The first-order chi connectivity index (χ1) is 31.5. The smallest absolute Gasteiger partial charge is 0.296 e. The third-order valence-corrected chi connectivity index (χ3v) is 15.2. The van der Waals surface area contributed by atoms with Crippen LogP contribution in [0.4, 0.5) is 40.3 Å². The van der Waals surface area contributed by atoms with E-state index in [0.29, 0.717) is 11.8 Å². The molecular formula is C34H29ClN8O18S6. The number of phenols is 1. The van der Waals surface area contributed by atoms with Crippen LogP contribution in [0.2, 0.25) is 5.28 Å².